The summed E-state index contributed by atoms with van der Waals surface area (Å²) in [4.78, 5) is 26.4. The number of halogens is 3. The molecule has 0 spiro atoms. The summed E-state index contributed by atoms with van der Waals surface area (Å²) in [5, 5.41) is 0.312. The zero-order chi connectivity index (χ0) is 17.9. The summed E-state index contributed by atoms with van der Waals surface area (Å²) in [7, 11) is 0. The van der Waals surface area contributed by atoms with E-state index in [0.717, 1.165) is 0 Å². The highest BCUT2D eigenvalue weighted by atomic mass is 35.5. The number of hydrogen-bond acceptors (Lipinski definition) is 5. The van der Waals surface area contributed by atoms with Crippen LogP contribution in [0.3, 0.4) is 0 Å². The smallest absolute Gasteiger partial charge is 0.266 e. The number of hydrogen-bond donors (Lipinski definition) is 0. The molecule has 132 valence electrons. The number of aromatic nitrogens is 4. The van der Waals surface area contributed by atoms with Gasteiger partial charge in [-0.1, -0.05) is 11.6 Å². The number of pyridine rings is 1. The zero-order valence-electron chi connectivity index (χ0n) is 13.2. The molecule has 5 nitrogen and oxygen atoms in total. The van der Waals surface area contributed by atoms with Crippen LogP contribution in [0.15, 0.2) is 28.6 Å². The number of rotatable bonds is 2. The van der Waals surface area contributed by atoms with Gasteiger partial charge in [-0.2, -0.15) is 0 Å². The molecular weight excluding hydrogens is 382 g/mol. The molecule has 0 bridgehead atoms. The minimum Gasteiger partial charge on any atom is -0.266 e. The first-order chi connectivity index (χ1) is 12.4. The summed E-state index contributed by atoms with van der Waals surface area (Å²) in [6.45, 7) is 0. The molecule has 3 aromatic heterocycles. The van der Waals surface area contributed by atoms with Crippen LogP contribution in [0, 0.1) is 10.8 Å². The van der Waals surface area contributed by atoms with Gasteiger partial charge in [0.05, 0.1) is 17.4 Å². The largest absolute Gasteiger partial charge is 0.285 e. The van der Waals surface area contributed by atoms with Gasteiger partial charge in [0.15, 0.2) is 10.3 Å². The van der Waals surface area contributed by atoms with E-state index in [4.69, 9.17) is 11.6 Å². The highest BCUT2D eigenvalue weighted by Gasteiger charge is 3.05. The number of fused-ring (bicyclic) bond motifs is 1. The van der Waals surface area contributed by atoms with Crippen LogP contribution in [0.5, 0.6) is 0 Å². The number of alkyl halides is 2. The van der Waals surface area contributed by atoms with E-state index in [2.05, 4.69) is 15.0 Å². The minimum absolute atomic E-state index is 0.168. The van der Waals surface area contributed by atoms with Gasteiger partial charge in [-0.25, -0.2) is 23.7 Å². The van der Waals surface area contributed by atoms with Crippen LogP contribution in [0.4, 0.5) is 8.78 Å². The Kier molecular flexibility index (Phi) is 2.51. The number of thiazole rings is 1. The first-order valence-electron chi connectivity index (χ1n) is 8.26. The van der Waals surface area contributed by atoms with Gasteiger partial charge < -0.3 is 0 Å². The highest BCUT2D eigenvalue weighted by Crippen LogP contribution is 3.01. The second-order valence-electron chi connectivity index (χ2n) is 7.48. The Morgan fingerprint density at radius 1 is 1.23 bits per heavy atom. The summed E-state index contributed by atoms with van der Waals surface area (Å²) in [5.74, 6) is -2.19. The molecule has 0 radical (unpaired) electrons. The Morgan fingerprint density at radius 3 is 2.65 bits per heavy atom. The van der Waals surface area contributed by atoms with Gasteiger partial charge in [-0.15, -0.1) is 11.3 Å². The van der Waals surface area contributed by atoms with Gasteiger partial charge >= 0.3 is 0 Å². The summed E-state index contributed by atoms with van der Waals surface area (Å²) >= 11 is 7.14. The van der Waals surface area contributed by atoms with Crippen molar-refractivity contribution in [2.24, 2.45) is 10.8 Å². The molecule has 26 heavy (non-hydrogen) atoms. The molecule has 3 aliphatic rings. The van der Waals surface area contributed by atoms with Crippen molar-refractivity contribution in [3.8, 4) is 5.69 Å². The molecule has 0 aliphatic heterocycles. The van der Waals surface area contributed by atoms with Gasteiger partial charge in [0.1, 0.15) is 11.0 Å². The summed E-state index contributed by atoms with van der Waals surface area (Å²) < 4.78 is 29.4. The van der Waals surface area contributed by atoms with Gasteiger partial charge in [0.2, 0.25) is 0 Å². The molecule has 6 rings (SSSR count). The molecule has 3 aliphatic carbocycles. The molecule has 3 saturated carbocycles. The van der Waals surface area contributed by atoms with Crippen molar-refractivity contribution < 1.29 is 8.78 Å². The Bertz CT molecular complexity index is 1140. The summed E-state index contributed by atoms with van der Waals surface area (Å²) in [5.41, 5.74) is 0.368. The van der Waals surface area contributed by atoms with Crippen LogP contribution in [-0.4, -0.2) is 25.4 Å². The third-order valence-corrected chi connectivity index (χ3v) is 7.40. The van der Waals surface area contributed by atoms with E-state index in [9.17, 15) is 13.6 Å². The zero-order valence-corrected chi connectivity index (χ0v) is 14.8. The molecule has 2 unspecified atom stereocenters. The van der Waals surface area contributed by atoms with Crippen molar-refractivity contribution in [1.29, 1.82) is 0 Å². The quantitative estimate of drug-likeness (QED) is 0.622. The fourth-order valence-corrected chi connectivity index (χ4v) is 5.84. The maximum Gasteiger partial charge on any atom is 0.285 e. The normalized spacial score (nSPS) is 33.1. The predicted molar refractivity (Wildman–Crippen MR) is 92.2 cm³/mol. The van der Waals surface area contributed by atoms with Crippen molar-refractivity contribution >= 4 is 33.3 Å². The lowest BCUT2D eigenvalue weighted by atomic mass is 9.87. The second-order valence-corrected chi connectivity index (χ2v) is 8.70. The fourth-order valence-electron chi connectivity index (χ4n) is 5.07. The van der Waals surface area contributed by atoms with Crippen LogP contribution in [0.1, 0.15) is 31.0 Å². The van der Waals surface area contributed by atoms with E-state index in [1.54, 1.807) is 17.6 Å². The van der Waals surface area contributed by atoms with E-state index in [0.29, 0.717) is 40.8 Å². The molecule has 0 aromatic carbocycles. The van der Waals surface area contributed by atoms with E-state index in [-0.39, 0.29) is 17.0 Å². The lowest BCUT2D eigenvalue weighted by Gasteiger charge is -2.26. The molecule has 3 fully saturated rings. The van der Waals surface area contributed by atoms with Crippen molar-refractivity contribution in [2.45, 2.75) is 31.1 Å². The first-order valence-corrected chi connectivity index (χ1v) is 9.52. The maximum atomic E-state index is 14.0. The summed E-state index contributed by atoms with van der Waals surface area (Å²) in [6, 6.07) is 3.27. The molecule has 0 saturated heterocycles. The Balaban J connectivity index is 1.54. The summed E-state index contributed by atoms with van der Waals surface area (Å²) in [6.07, 6.45) is 2.84. The van der Waals surface area contributed by atoms with Gasteiger partial charge in [-0.3, -0.25) is 9.36 Å². The van der Waals surface area contributed by atoms with Crippen LogP contribution in [0.2, 0.25) is 5.15 Å². The van der Waals surface area contributed by atoms with Crippen molar-refractivity contribution in [3.05, 3.63) is 45.2 Å². The third kappa shape index (κ3) is 1.49. The second kappa shape index (κ2) is 4.31. The Morgan fingerprint density at radius 2 is 2.00 bits per heavy atom. The topological polar surface area (TPSA) is 60.7 Å². The number of nitrogens with zero attached hydrogens (tertiary/aromatic N) is 4. The monoisotopic (exact) mass is 392 g/mol. The standard InChI is InChI=1S/C17H11ClF2N4OS/c18-10-2-1-9(5-21-10)24-12(23-13-11(14(24)25)22-7-26-13)8-3-15-6-16(15,4-8)17(15,19)20/h1-2,5,7-8H,3-4,6H2. The van der Waals surface area contributed by atoms with Gasteiger partial charge in [0.25, 0.3) is 11.5 Å². The fraction of sp³-hybridized carbons (Fsp3) is 0.412. The van der Waals surface area contributed by atoms with E-state index < -0.39 is 16.8 Å². The predicted octanol–water partition coefficient (Wildman–Crippen LogP) is 3.79. The molecular formula is C17H11ClF2N4OS. The lowest BCUT2D eigenvalue weighted by Crippen LogP contribution is -2.29. The Labute approximate surface area is 154 Å². The SMILES string of the molecule is O=c1c2ncsc2nc(C2CC34CC3(C2)C4(F)F)n1-c1ccc(Cl)nc1. The highest BCUT2D eigenvalue weighted by molar-refractivity contribution is 7.16. The molecule has 3 aromatic rings. The molecule has 9 heteroatoms. The Hall–Kier alpha value is -1.93. The third-order valence-electron chi connectivity index (χ3n) is 6.46. The maximum absolute atomic E-state index is 14.0. The molecule has 2 atom stereocenters. The average molecular weight is 393 g/mol. The average Bonchev–Trinajstić information content (AvgIpc) is 3.13. The van der Waals surface area contributed by atoms with Gasteiger partial charge in [0, 0.05) is 16.7 Å². The van der Waals surface area contributed by atoms with Crippen molar-refractivity contribution in [3.63, 3.8) is 0 Å². The lowest BCUT2D eigenvalue weighted by molar-refractivity contribution is -0.0184. The van der Waals surface area contributed by atoms with Crippen LogP contribution < -0.4 is 5.56 Å². The van der Waals surface area contributed by atoms with E-state index in [1.165, 1.54) is 22.1 Å². The van der Waals surface area contributed by atoms with Crippen molar-refractivity contribution in [1.82, 2.24) is 19.5 Å². The van der Waals surface area contributed by atoms with E-state index >= 15 is 0 Å². The van der Waals surface area contributed by atoms with Crippen LogP contribution in [-0.2, 0) is 0 Å². The van der Waals surface area contributed by atoms with E-state index in [1.807, 2.05) is 0 Å². The molecule has 0 amide bonds. The van der Waals surface area contributed by atoms with Crippen LogP contribution >= 0.6 is 22.9 Å². The van der Waals surface area contributed by atoms with Crippen LogP contribution in [0.25, 0.3) is 16.0 Å². The van der Waals surface area contributed by atoms with Gasteiger partial charge in [-0.05, 0) is 31.4 Å². The molecule has 3 heterocycles. The first kappa shape index (κ1) is 15.2. The van der Waals surface area contributed by atoms with Crippen molar-refractivity contribution in [2.75, 3.05) is 0 Å². The molecule has 0 N–H and O–H groups in total. The minimum atomic E-state index is -2.54.